The average Bonchev–Trinajstić information content (AvgIpc) is 3.37. The molecule has 6 nitrogen and oxygen atoms in total. The largest absolute Gasteiger partial charge is 0.338 e. The molecule has 2 heterocycles. The first-order valence-electron chi connectivity index (χ1n) is 12.0. The fourth-order valence-electron chi connectivity index (χ4n) is 4.28. The van der Waals surface area contributed by atoms with Crippen molar-refractivity contribution in [3.05, 3.63) is 95.3 Å². The number of piperidine rings is 1. The second kappa shape index (κ2) is 11.7. The molecular weight excluding hydrogens is 492 g/mol. The highest BCUT2D eigenvalue weighted by Gasteiger charge is 2.27. The zero-order chi connectivity index (χ0) is 24.7. The molecule has 3 aromatic carbocycles. The average molecular weight is 519 g/mol. The molecule has 1 N–H and O–H groups in total. The maximum atomic E-state index is 13.0. The van der Waals surface area contributed by atoms with Gasteiger partial charge in [0.05, 0.1) is 12.5 Å². The van der Waals surface area contributed by atoms with Crippen LogP contribution in [0.1, 0.15) is 24.3 Å². The second-order valence-electron chi connectivity index (χ2n) is 8.88. The van der Waals surface area contributed by atoms with Crippen molar-refractivity contribution in [3.63, 3.8) is 0 Å². The van der Waals surface area contributed by atoms with Crippen molar-refractivity contribution in [2.24, 2.45) is 5.92 Å². The van der Waals surface area contributed by atoms with E-state index < -0.39 is 0 Å². The predicted octanol–water partition coefficient (Wildman–Crippen LogP) is 6.53. The molecule has 0 radical (unpaired) electrons. The Bertz CT molecular complexity index is 1300. The van der Waals surface area contributed by atoms with Gasteiger partial charge in [0.1, 0.15) is 0 Å². The Balaban J connectivity index is 1.12. The number of hydrogen-bond acceptors (Lipinski definition) is 6. The molecule has 184 valence electrons. The molecular formula is C28H27ClN4O2S. The summed E-state index contributed by atoms with van der Waals surface area (Å²) in [6.07, 6.45) is 1.81. The number of thioether (sulfide) groups is 1. The molecule has 0 spiro atoms. The van der Waals surface area contributed by atoms with Crippen molar-refractivity contribution < 1.29 is 9.32 Å². The van der Waals surface area contributed by atoms with Gasteiger partial charge in [-0.1, -0.05) is 59.2 Å². The highest BCUT2D eigenvalue weighted by Crippen LogP contribution is 2.25. The van der Waals surface area contributed by atoms with Crippen LogP contribution in [-0.2, 0) is 17.1 Å². The van der Waals surface area contributed by atoms with Crippen LogP contribution in [0.3, 0.4) is 0 Å². The third kappa shape index (κ3) is 6.55. The van der Waals surface area contributed by atoms with Crippen molar-refractivity contribution in [2.75, 3.05) is 18.4 Å². The fraction of sp³-hybridized carbons (Fsp3) is 0.250. The van der Waals surface area contributed by atoms with E-state index in [1.54, 1.807) is 11.8 Å². The Morgan fingerprint density at radius 1 is 1.08 bits per heavy atom. The van der Waals surface area contributed by atoms with E-state index in [-0.39, 0.29) is 11.8 Å². The van der Waals surface area contributed by atoms with Crippen molar-refractivity contribution >= 4 is 35.0 Å². The summed E-state index contributed by atoms with van der Waals surface area (Å²) >= 11 is 7.87. The molecule has 0 bridgehead atoms. The number of nitrogens with one attached hydrogen (secondary N) is 1. The molecule has 1 amide bonds. The van der Waals surface area contributed by atoms with Gasteiger partial charge in [-0.25, -0.2) is 0 Å². The van der Waals surface area contributed by atoms with Gasteiger partial charge in [0.25, 0.3) is 0 Å². The Morgan fingerprint density at radius 3 is 2.72 bits per heavy atom. The normalized spacial score (nSPS) is 16.1. The molecule has 0 saturated carbocycles. The van der Waals surface area contributed by atoms with E-state index in [9.17, 15) is 4.79 Å². The summed E-state index contributed by atoms with van der Waals surface area (Å²) < 4.78 is 5.46. The Kier molecular flexibility index (Phi) is 8.01. The fourth-order valence-corrected chi connectivity index (χ4v) is 5.35. The molecule has 36 heavy (non-hydrogen) atoms. The lowest BCUT2D eigenvalue weighted by Crippen LogP contribution is -2.40. The molecule has 1 saturated heterocycles. The van der Waals surface area contributed by atoms with E-state index in [4.69, 9.17) is 16.1 Å². The van der Waals surface area contributed by atoms with E-state index in [1.807, 2.05) is 54.6 Å². The maximum absolute atomic E-state index is 13.0. The number of nitrogens with zero attached hydrogens (tertiary/aromatic N) is 3. The van der Waals surface area contributed by atoms with Crippen molar-refractivity contribution in [1.29, 1.82) is 0 Å². The number of anilines is 1. The van der Waals surface area contributed by atoms with E-state index in [0.29, 0.717) is 29.8 Å². The van der Waals surface area contributed by atoms with Crippen LogP contribution >= 0.6 is 23.4 Å². The molecule has 1 fully saturated rings. The Morgan fingerprint density at radius 2 is 1.92 bits per heavy atom. The smallest absolute Gasteiger partial charge is 0.241 e. The molecule has 1 atom stereocenters. The number of rotatable bonds is 8. The number of aromatic nitrogens is 2. The molecule has 8 heteroatoms. The highest BCUT2D eigenvalue weighted by atomic mass is 35.5. The summed E-state index contributed by atoms with van der Waals surface area (Å²) in [5, 5.41) is 7.81. The number of carbonyl (C=O) groups excluding carboxylic acids is 1. The number of halogens is 1. The van der Waals surface area contributed by atoms with Crippen LogP contribution < -0.4 is 5.32 Å². The zero-order valence-corrected chi connectivity index (χ0v) is 21.3. The number of benzene rings is 3. The van der Waals surface area contributed by atoms with Crippen LogP contribution in [-0.4, -0.2) is 34.0 Å². The van der Waals surface area contributed by atoms with Crippen molar-refractivity contribution in [1.82, 2.24) is 15.0 Å². The second-order valence-corrected chi connectivity index (χ2v) is 10.4. The minimum atomic E-state index is -0.0811. The van der Waals surface area contributed by atoms with Crippen LogP contribution in [0.15, 0.2) is 88.3 Å². The van der Waals surface area contributed by atoms with Crippen LogP contribution in [0.25, 0.3) is 11.4 Å². The van der Waals surface area contributed by atoms with E-state index in [0.717, 1.165) is 36.4 Å². The van der Waals surface area contributed by atoms with Gasteiger partial charge in [0.15, 0.2) is 0 Å². The minimum absolute atomic E-state index is 0.0521. The van der Waals surface area contributed by atoms with Crippen molar-refractivity contribution in [2.45, 2.75) is 30.0 Å². The third-order valence-corrected chi connectivity index (χ3v) is 7.47. The number of amides is 1. The summed E-state index contributed by atoms with van der Waals surface area (Å²) in [6, 6.07) is 25.8. The molecule has 1 aliphatic heterocycles. The molecule has 1 aliphatic rings. The first-order chi connectivity index (χ1) is 17.6. The van der Waals surface area contributed by atoms with Gasteiger partial charge in [-0.15, -0.1) is 11.8 Å². The van der Waals surface area contributed by atoms with Gasteiger partial charge in [0, 0.05) is 33.5 Å². The van der Waals surface area contributed by atoms with Gasteiger partial charge < -0.3 is 9.84 Å². The molecule has 0 aliphatic carbocycles. The van der Waals surface area contributed by atoms with E-state index in [2.05, 4.69) is 44.6 Å². The van der Waals surface area contributed by atoms with Crippen molar-refractivity contribution in [3.8, 4) is 11.4 Å². The lowest BCUT2D eigenvalue weighted by Gasteiger charge is -2.30. The van der Waals surface area contributed by atoms with Gasteiger partial charge in [-0.05, 0) is 61.3 Å². The van der Waals surface area contributed by atoms with Crippen LogP contribution in [0.5, 0.6) is 0 Å². The highest BCUT2D eigenvalue weighted by molar-refractivity contribution is 7.98. The third-order valence-electron chi connectivity index (χ3n) is 6.16. The van der Waals surface area contributed by atoms with Gasteiger partial charge in [-0.3, -0.25) is 9.69 Å². The summed E-state index contributed by atoms with van der Waals surface area (Å²) in [6.45, 7) is 2.07. The lowest BCUT2D eigenvalue weighted by atomic mass is 9.97. The summed E-state index contributed by atoms with van der Waals surface area (Å²) in [5.74, 6) is 1.92. The summed E-state index contributed by atoms with van der Waals surface area (Å²) in [4.78, 5) is 20.9. The van der Waals surface area contributed by atoms with Crippen LogP contribution in [0, 0.1) is 5.92 Å². The minimum Gasteiger partial charge on any atom is -0.338 e. The van der Waals surface area contributed by atoms with E-state index in [1.165, 1.54) is 10.5 Å². The maximum Gasteiger partial charge on any atom is 0.241 e. The van der Waals surface area contributed by atoms with Crippen LogP contribution in [0.2, 0.25) is 5.02 Å². The van der Waals surface area contributed by atoms with E-state index >= 15 is 0 Å². The SMILES string of the molecule is O=C(Nc1ccc(CSc2ccccc2)cc1)C1CCCN(Cc2nc(-c3cccc(Cl)c3)no2)C1. The topological polar surface area (TPSA) is 71.3 Å². The zero-order valence-electron chi connectivity index (χ0n) is 19.8. The lowest BCUT2D eigenvalue weighted by molar-refractivity contribution is -0.121. The number of hydrogen-bond donors (Lipinski definition) is 1. The Labute approximate surface area is 220 Å². The summed E-state index contributed by atoms with van der Waals surface area (Å²) in [7, 11) is 0. The molecule has 1 unspecified atom stereocenters. The standard InChI is InChI=1S/C28H27ClN4O2S/c29-23-8-4-6-21(16-23)27-31-26(35-32-27)18-33-15-5-7-22(17-33)28(34)30-24-13-11-20(12-14-24)19-36-25-9-2-1-3-10-25/h1-4,6,8-14,16,22H,5,7,15,17-19H2,(H,30,34). The number of carbonyl (C=O) groups is 1. The number of likely N-dealkylation sites (tertiary alicyclic amines) is 1. The first-order valence-corrected chi connectivity index (χ1v) is 13.4. The molecule has 5 rings (SSSR count). The van der Waals surface area contributed by atoms with Crippen LogP contribution in [0.4, 0.5) is 5.69 Å². The molecule has 1 aromatic heterocycles. The first kappa shape index (κ1) is 24.6. The van der Waals surface area contributed by atoms with Gasteiger partial charge in [0.2, 0.25) is 17.6 Å². The Hall–Kier alpha value is -3.13. The predicted molar refractivity (Wildman–Crippen MR) is 144 cm³/mol. The molecule has 4 aromatic rings. The summed E-state index contributed by atoms with van der Waals surface area (Å²) in [5.41, 5.74) is 2.87. The monoisotopic (exact) mass is 518 g/mol. The quantitative estimate of drug-likeness (QED) is 0.267. The van der Waals surface area contributed by atoms with Gasteiger partial charge in [-0.2, -0.15) is 4.98 Å². The van der Waals surface area contributed by atoms with Gasteiger partial charge >= 0.3 is 0 Å².